The van der Waals surface area contributed by atoms with Gasteiger partial charge < -0.3 is 24.6 Å². The highest BCUT2D eigenvalue weighted by Crippen LogP contribution is 2.28. The fourth-order valence-electron chi connectivity index (χ4n) is 2.45. The second-order valence-corrected chi connectivity index (χ2v) is 5.77. The SMILES string of the molecule is CCOc1cc(C(=O)NCc2ccc(C)cc2OC)ccc1OCC(=O)O. The molecule has 0 spiro atoms. The highest BCUT2D eigenvalue weighted by atomic mass is 16.5. The van der Waals surface area contributed by atoms with E-state index in [1.54, 1.807) is 20.1 Å². The number of carboxylic acids is 1. The van der Waals surface area contributed by atoms with Crippen LogP contribution in [0, 0.1) is 6.92 Å². The molecule has 0 saturated heterocycles. The molecular formula is C20H23NO6. The van der Waals surface area contributed by atoms with Crippen molar-refractivity contribution in [2.24, 2.45) is 0 Å². The van der Waals surface area contributed by atoms with Gasteiger partial charge in [-0.3, -0.25) is 4.79 Å². The van der Waals surface area contributed by atoms with Crippen LogP contribution < -0.4 is 19.5 Å². The molecule has 7 heteroatoms. The first kappa shape index (κ1) is 20.1. The summed E-state index contributed by atoms with van der Waals surface area (Å²) >= 11 is 0. The van der Waals surface area contributed by atoms with Crippen molar-refractivity contribution in [1.82, 2.24) is 5.32 Å². The van der Waals surface area contributed by atoms with Crippen LogP contribution in [-0.4, -0.2) is 37.3 Å². The topological polar surface area (TPSA) is 94.1 Å². The minimum absolute atomic E-state index is 0.274. The molecule has 2 aromatic rings. The summed E-state index contributed by atoms with van der Waals surface area (Å²) in [6.45, 7) is 3.93. The average molecular weight is 373 g/mol. The number of ether oxygens (including phenoxy) is 3. The molecule has 144 valence electrons. The number of benzene rings is 2. The fraction of sp³-hybridized carbons (Fsp3) is 0.300. The Morgan fingerprint density at radius 3 is 2.48 bits per heavy atom. The lowest BCUT2D eigenvalue weighted by molar-refractivity contribution is -0.139. The first-order valence-electron chi connectivity index (χ1n) is 8.47. The molecule has 0 unspecified atom stereocenters. The monoisotopic (exact) mass is 373 g/mol. The van der Waals surface area contributed by atoms with E-state index in [0.717, 1.165) is 11.1 Å². The summed E-state index contributed by atoms with van der Waals surface area (Å²) in [6, 6.07) is 10.4. The van der Waals surface area contributed by atoms with Gasteiger partial charge in [0, 0.05) is 17.7 Å². The Labute approximate surface area is 157 Å². The van der Waals surface area contributed by atoms with Crippen molar-refractivity contribution in [3.8, 4) is 17.2 Å². The zero-order valence-electron chi connectivity index (χ0n) is 15.6. The van der Waals surface area contributed by atoms with Crippen LogP contribution in [0.1, 0.15) is 28.4 Å². The molecule has 0 aliphatic heterocycles. The van der Waals surface area contributed by atoms with E-state index < -0.39 is 12.6 Å². The molecule has 0 bridgehead atoms. The number of nitrogens with one attached hydrogen (secondary N) is 1. The summed E-state index contributed by atoms with van der Waals surface area (Å²) in [4.78, 5) is 23.1. The maximum Gasteiger partial charge on any atom is 0.341 e. The molecule has 2 N–H and O–H groups in total. The second-order valence-electron chi connectivity index (χ2n) is 5.77. The van der Waals surface area contributed by atoms with E-state index in [2.05, 4.69) is 5.32 Å². The first-order valence-corrected chi connectivity index (χ1v) is 8.47. The summed E-state index contributed by atoms with van der Waals surface area (Å²) in [5.41, 5.74) is 2.32. The van der Waals surface area contributed by atoms with Crippen LogP contribution in [0.4, 0.5) is 0 Å². The van der Waals surface area contributed by atoms with Crippen molar-refractivity contribution < 1.29 is 28.9 Å². The summed E-state index contributed by atoms with van der Waals surface area (Å²) in [6.07, 6.45) is 0. The molecule has 0 aliphatic rings. The van der Waals surface area contributed by atoms with Crippen molar-refractivity contribution >= 4 is 11.9 Å². The maximum atomic E-state index is 12.5. The fourth-order valence-corrected chi connectivity index (χ4v) is 2.45. The number of hydrogen-bond donors (Lipinski definition) is 2. The third-order valence-electron chi connectivity index (χ3n) is 3.74. The van der Waals surface area contributed by atoms with Crippen molar-refractivity contribution in [3.05, 3.63) is 53.1 Å². The van der Waals surface area contributed by atoms with Gasteiger partial charge in [-0.15, -0.1) is 0 Å². The third-order valence-corrected chi connectivity index (χ3v) is 3.74. The highest BCUT2D eigenvalue weighted by molar-refractivity contribution is 5.94. The number of amides is 1. The molecule has 1 amide bonds. The van der Waals surface area contributed by atoms with Gasteiger partial charge in [0.1, 0.15) is 5.75 Å². The van der Waals surface area contributed by atoms with E-state index in [1.807, 2.05) is 25.1 Å². The molecule has 0 aliphatic carbocycles. The van der Waals surface area contributed by atoms with Gasteiger partial charge >= 0.3 is 5.97 Å². The number of hydrogen-bond acceptors (Lipinski definition) is 5. The lowest BCUT2D eigenvalue weighted by Gasteiger charge is -2.13. The molecular weight excluding hydrogens is 350 g/mol. The number of aliphatic carboxylic acids is 1. The van der Waals surface area contributed by atoms with E-state index >= 15 is 0 Å². The lowest BCUT2D eigenvalue weighted by Crippen LogP contribution is -2.23. The van der Waals surface area contributed by atoms with Gasteiger partial charge in [0.05, 0.1) is 13.7 Å². The number of aryl methyl sites for hydroxylation is 1. The van der Waals surface area contributed by atoms with Gasteiger partial charge in [0.25, 0.3) is 5.91 Å². The maximum absolute atomic E-state index is 12.5. The lowest BCUT2D eigenvalue weighted by atomic mass is 10.1. The highest BCUT2D eigenvalue weighted by Gasteiger charge is 2.13. The molecule has 0 aromatic heterocycles. The average Bonchev–Trinajstić information content (AvgIpc) is 2.65. The summed E-state index contributed by atoms with van der Waals surface area (Å²) in [5, 5.41) is 11.6. The Balaban J connectivity index is 2.11. The van der Waals surface area contributed by atoms with Gasteiger partial charge in [-0.25, -0.2) is 4.79 Å². The van der Waals surface area contributed by atoms with Crippen LogP contribution in [-0.2, 0) is 11.3 Å². The number of methoxy groups -OCH3 is 1. The quantitative estimate of drug-likeness (QED) is 0.702. The molecule has 27 heavy (non-hydrogen) atoms. The Morgan fingerprint density at radius 1 is 1.04 bits per heavy atom. The first-order chi connectivity index (χ1) is 12.9. The Kier molecular flexibility index (Phi) is 7.05. The number of rotatable bonds is 9. The second kappa shape index (κ2) is 9.47. The molecule has 0 fully saturated rings. The van der Waals surface area contributed by atoms with Crippen LogP contribution in [0.2, 0.25) is 0 Å². The minimum Gasteiger partial charge on any atom is -0.496 e. The number of carbonyl (C=O) groups is 2. The molecule has 0 saturated carbocycles. The summed E-state index contributed by atoms with van der Waals surface area (Å²) in [7, 11) is 1.59. The van der Waals surface area contributed by atoms with Gasteiger partial charge in [-0.2, -0.15) is 0 Å². The van der Waals surface area contributed by atoms with Crippen LogP contribution in [0.3, 0.4) is 0 Å². The third kappa shape index (κ3) is 5.64. The van der Waals surface area contributed by atoms with Gasteiger partial charge in [0.2, 0.25) is 0 Å². The van der Waals surface area contributed by atoms with Crippen molar-refractivity contribution in [3.63, 3.8) is 0 Å². The molecule has 0 radical (unpaired) electrons. The van der Waals surface area contributed by atoms with Crippen LogP contribution in [0.25, 0.3) is 0 Å². The number of carbonyl (C=O) groups excluding carboxylic acids is 1. The van der Waals surface area contributed by atoms with Gasteiger partial charge in [-0.05, 0) is 43.7 Å². The standard InChI is InChI=1S/C20H23NO6/c1-4-26-18-10-14(7-8-16(18)27-12-19(22)23)20(24)21-11-15-6-5-13(2)9-17(15)25-3/h5-10H,4,11-12H2,1-3H3,(H,21,24)(H,22,23). The Bertz CT molecular complexity index is 818. The molecule has 7 nitrogen and oxygen atoms in total. The zero-order chi connectivity index (χ0) is 19.8. The zero-order valence-corrected chi connectivity index (χ0v) is 15.6. The van der Waals surface area contributed by atoms with Gasteiger partial charge in [0.15, 0.2) is 18.1 Å². The van der Waals surface area contributed by atoms with Gasteiger partial charge in [-0.1, -0.05) is 12.1 Å². The van der Waals surface area contributed by atoms with E-state index in [0.29, 0.717) is 30.2 Å². The van der Waals surface area contributed by atoms with Crippen molar-refractivity contribution in [2.45, 2.75) is 20.4 Å². The smallest absolute Gasteiger partial charge is 0.341 e. The van der Waals surface area contributed by atoms with E-state index in [9.17, 15) is 9.59 Å². The summed E-state index contributed by atoms with van der Waals surface area (Å²) in [5.74, 6) is -0.0762. The Morgan fingerprint density at radius 2 is 1.81 bits per heavy atom. The number of carboxylic acid groups (broad SMARTS) is 1. The molecule has 0 atom stereocenters. The van der Waals surface area contributed by atoms with Crippen molar-refractivity contribution in [1.29, 1.82) is 0 Å². The molecule has 2 aromatic carbocycles. The molecule has 0 heterocycles. The normalized spacial score (nSPS) is 10.2. The van der Waals surface area contributed by atoms with Crippen molar-refractivity contribution in [2.75, 3.05) is 20.3 Å². The molecule has 2 rings (SSSR count). The minimum atomic E-state index is -1.09. The van der Waals surface area contributed by atoms with E-state index in [1.165, 1.54) is 12.1 Å². The summed E-state index contributed by atoms with van der Waals surface area (Å²) < 4.78 is 16.0. The van der Waals surface area contributed by atoms with E-state index in [4.69, 9.17) is 19.3 Å². The van der Waals surface area contributed by atoms with E-state index in [-0.39, 0.29) is 11.7 Å². The predicted molar refractivity (Wildman–Crippen MR) is 99.6 cm³/mol. The van der Waals surface area contributed by atoms with Crippen LogP contribution in [0.15, 0.2) is 36.4 Å². The van der Waals surface area contributed by atoms with Crippen LogP contribution in [0.5, 0.6) is 17.2 Å². The largest absolute Gasteiger partial charge is 0.496 e. The van der Waals surface area contributed by atoms with Crippen LogP contribution >= 0.6 is 0 Å². The Hall–Kier alpha value is -3.22. The predicted octanol–water partition coefficient (Wildman–Crippen LogP) is 2.80.